The minimum absolute atomic E-state index is 0.171. The molecule has 0 saturated carbocycles. The lowest BCUT2D eigenvalue weighted by atomic mass is 9.96. The van der Waals surface area contributed by atoms with Gasteiger partial charge in [-0.2, -0.15) is 0 Å². The molecule has 4 rings (SSSR count). The maximum absolute atomic E-state index is 12.5. The van der Waals surface area contributed by atoms with E-state index in [4.69, 9.17) is 13.6 Å². The van der Waals surface area contributed by atoms with E-state index in [1.54, 1.807) is 13.2 Å². The van der Waals surface area contributed by atoms with Gasteiger partial charge in [-0.05, 0) is 63.9 Å². The highest BCUT2D eigenvalue weighted by atomic mass is 16.5. The van der Waals surface area contributed by atoms with Gasteiger partial charge in [-0.3, -0.25) is 9.69 Å². The SMILES string of the molecule is COc1cccc2cc(C(=O)NCC3CCN(Cc4cc(C)oc4C)CC3)oc12. The summed E-state index contributed by atoms with van der Waals surface area (Å²) in [7, 11) is 1.60. The second-order valence-corrected chi connectivity index (χ2v) is 7.86. The molecule has 1 amide bonds. The Labute approximate surface area is 170 Å². The average molecular weight is 396 g/mol. The van der Waals surface area contributed by atoms with Gasteiger partial charge in [0.15, 0.2) is 17.1 Å². The predicted octanol–water partition coefficient (Wildman–Crippen LogP) is 4.29. The predicted molar refractivity (Wildman–Crippen MR) is 111 cm³/mol. The maximum Gasteiger partial charge on any atom is 0.287 e. The first kappa shape index (κ1) is 19.6. The largest absolute Gasteiger partial charge is 0.493 e. The smallest absolute Gasteiger partial charge is 0.287 e. The van der Waals surface area contributed by atoms with E-state index in [1.165, 1.54) is 5.56 Å². The molecule has 1 aliphatic heterocycles. The van der Waals surface area contributed by atoms with Crippen molar-refractivity contribution in [2.24, 2.45) is 5.92 Å². The lowest BCUT2D eigenvalue weighted by Crippen LogP contribution is -2.38. The number of aryl methyl sites for hydroxylation is 2. The van der Waals surface area contributed by atoms with Gasteiger partial charge in [0.2, 0.25) is 0 Å². The normalized spacial score (nSPS) is 15.7. The highest BCUT2D eigenvalue weighted by Crippen LogP contribution is 2.28. The number of nitrogens with zero attached hydrogens (tertiary/aromatic N) is 1. The number of nitrogens with one attached hydrogen (secondary N) is 1. The highest BCUT2D eigenvalue weighted by Gasteiger charge is 2.22. The van der Waals surface area contributed by atoms with Gasteiger partial charge in [0, 0.05) is 24.0 Å². The average Bonchev–Trinajstić information content (AvgIpc) is 3.29. The summed E-state index contributed by atoms with van der Waals surface area (Å²) in [5.74, 6) is 3.26. The minimum Gasteiger partial charge on any atom is -0.493 e. The Morgan fingerprint density at radius 1 is 1.21 bits per heavy atom. The summed E-state index contributed by atoms with van der Waals surface area (Å²) in [6.07, 6.45) is 2.15. The minimum atomic E-state index is -0.171. The van der Waals surface area contributed by atoms with Crippen LogP contribution >= 0.6 is 0 Å². The molecule has 0 spiro atoms. The van der Waals surface area contributed by atoms with Crippen LogP contribution in [0.2, 0.25) is 0 Å². The molecule has 3 heterocycles. The zero-order valence-corrected chi connectivity index (χ0v) is 17.3. The number of amides is 1. The fourth-order valence-corrected chi connectivity index (χ4v) is 4.06. The van der Waals surface area contributed by atoms with Crippen LogP contribution in [0, 0.1) is 19.8 Å². The Hall–Kier alpha value is -2.73. The van der Waals surface area contributed by atoms with Crippen LogP contribution in [-0.2, 0) is 6.54 Å². The second-order valence-electron chi connectivity index (χ2n) is 7.86. The molecule has 29 heavy (non-hydrogen) atoms. The van der Waals surface area contributed by atoms with Gasteiger partial charge in [0.1, 0.15) is 11.5 Å². The van der Waals surface area contributed by atoms with E-state index in [9.17, 15) is 4.79 Å². The molecule has 1 aromatic carbocycles. The Balaban J connectivity index is 1.28. The van der Waals surface area contributed by atoms with Gasteiger partial charge in [-0.15, -0.1) is 0 Å². The van der Waals surface area contributed by atoms with Crippen molar-refractivity contribution in [3.05, 3.63) is 53.2 Å². The number of carbonyl (C=O) groups is 1. The summed E-state index contributed by atoms with van der Waals surface area (Å²) in [5.41, 5.74) is 1.88. The molecule has 0 bridgehead atoms. The summed E-state index contributed by atoms with van der Waals surface area (Å²) in [6, 6.07) is 9.53. The first-order chi connectivity index (χ1) is 14.0. The third-order valence-electron chi connectivity index (χ3n) is 5.75. The molecule has 1 N–H and O–H groups in total. The molecule has 0 radical (unpaired) electrons. The van der Waals surface area contributed by atoms with Crippen LogP contribution in [0.4, 0.5) is 0 Å². The molecule has 6 nitrogen and oxygen atoms in total. The molecule has 1 saturated heterocycles. The number of likely N-dealkylation sites (tertiary alicyclic amines) is 1. The van der Waals surface area contributed by atoms with Gasteiger partial charge in [-0.25, -0.2) is 0 Å². The second kappa shape index (κ2) is 8.33. The molecule has 0 unspecified atom stereocenters. The first-order valence-electron chi connectivity index (χ1n) is 10.2. The lowest BCUT2D eigenvalue weighted by molar-refractivity contribution is 0.0909. The van der Waals surface area contributed by atoms with Crippen molar-refractivity contribution < 1.29 is 18.4 Å². The topological polar surface area (TPSA) is 67.8 Å². The molecule has 0 aliphatic carbocycles. The van der Waals surface area contributed by atoms with Crippen molar-refractivity contribution in [1.82, 2.24) is 10.2 Å². The first-order valence-corrected chi connectivity index (χ1v) is 10.2. The van der Waals surface area contributed by atoms with E-state index in [0.717, 1.165) is 49.4 Å². The van der Waals surface area contributed by atoms with Crippen LogP contribution in [0.1, 0.15) is 40.5 Å². The number of hydrogen-bond acceptors (Lipinski definition) is 5. The van der Waals surface area contributed by atoms with Crippen molar-refractivity contribution >= 4 is 16.9 Å². The van der Waals surface area contributed by atoms with Crippen molar-refractivity contribution in [2.45, 2.75) is 33.2 Å². The number of rotatable bonds is 6. The molecular weight excluding hydrogens is 368 g/mol. The third kappa shape index (κ3) is 4.32. The Kier molecular flexibility index (Phi) is 5.62. The quantitative estimate of drug-likeness (QED) is 0.673. The van der Waals surface area contributed by atoms with Gasteiger partial charge in [0.25, 0.3) is 5.91 Å². The van der Waals surface area contributed by atoms with Crippen LogP contribution in [0.3, 0.4) is 0 Å². The molecule has 1 aliphatic rings. The molecule has 154 valence electrons. The summed E-state index contributed by atoms with van der Waals surface area (Å²) < 4.78 is 16.7. The summed E-state index contributed by atoms with van der Waals surface area (Å²) in [6.45, 7) is 7.69. The van der Waals surface area contributed by atoms with Crippen LogP contribution in [0.15, 0.2) is 39.2 Å². The van der Waals surface area contributed by atoms with Crippen molar-refractivity contribution in [3.63, 3.8) is 0 Å². The fraction of sp³-hybridized carbons (Fsp3) is 0.435. The van der Waals surface area contributed by atoms with E-state index in [0.29, 0.717) is 29.6 Å². The number of hydrogen-bond donors (Lipinski definition) is 1. The number of furan rings is 2. The number of carbonyl (C=O) groups excluding carboxylic acids is 1. The Morgan fingerprint density at radius 3 is 2.69 bits per heavy atom. The number of piperidine rings is 1. The number of para-hydroxylation sites is 1. The highest BCUT2D eigenvalue weighted by molar-refractivity contribution is 5.97. The Morgan fingerprint density at radius 2 is 2.00 bits per heavy atom. The zero-order chi connectivity index (χ0) is 20.4. The van der Waals surface area contributed by atoms with Crippen LogP contribution in [0.25, 0.3) is 11.0 Å². The van der Waals surface area contributed by atoms with Gasteiger partial charge < -0.3 is 18.9 Å². The molecule has 6 heteroatoms. The van der Waals surface area contributed by atoms with Gasteiger partial charge in [0.05, 0.1) is 7.11 Å². The van der Waals surface area contributed by atoms with Crippen LogP contribution < -0.4 is 10.1 Å². The molecule has 3 aromatic rings. The molecular formula is C23H28N2O4. The third-order valence-corrected chi connectivity index (χ3v) is 5.75. The van der Waals surface area contributed by atoms with E-state index < -0.39 is 0 Å². The van der Waals surface area contributed by atoms with E-state index in [-0.39, 0.29) is 5.91 Å². The summed E-state index contributed by atoms with van der Waals surface area (Å²) in [5, 5.41) is 3.91. The summed E-state index contributed by atoms with van der Waals surface area (Å²) in [4.78, 5) is 15.0. The van der Waals surface area contributed by atoms with E-state index in [2.05, 4.69) is 16.3 Å². The molecule has 2 aromatic heterocycles. The monoisotopic (exact) mass is 396 g/mol. The zero-order valence-electron chi connectivity index (χ0n) is 17.3. The number of benzene rings is 1. The number of methoxy groups -OCH3 is 1. The van der Waals surface area contributed by atoms with Crippen LogP contribution in [0.5, 0.6) is 5.75 Å². The van der Waals surface area contributed by atoms with Crippen molar-refractivity contribution in [2.75, 3.05) is 26.7 Å². The standard InChI is InChI=1S/C23H28N2O4/c1-15-11-19(16(2)28-15)14-25-9-7-17(8-10-25)13-24-23(26)21-12-18-5-4-6-20(27-3)22(18)29-21/h4-6,11-12,17H,7-10,13-14H2,1-3H3,(H,24,26). The van der Waals surface area contributed by atoms with Crippen molar-refractivity contribution in [3.8, 4) is 5.75 Å². The Bertz CT molecular complexity index is 996. The molecule has 0 atom stereocenters. The summed E-state index contributed by atoms with van der Waals surface area (Å²) >= 11 is 0. The van der Waals surface area contributed by atoms with E-state index >= 15 is 0 Å². The molecule has 1 fully saturated rings. The lowest BCUT2D eigenvalue weighted by Gasteiger charge is -2.31. The van der Waals surface area contributed by atoms with Gasteiger partial charge in [-0.1, -0.05) is 12.1 Å². The maximum atomic E-state index is 12.5. The number of ether oxygens (including phenoxy) is 1. The van der Waals surface area contributed by atoms with Crippen LogP contribution in [-0.4, -0.2) is 37.6 Å². The number of fused-ring (bicyclic) bond motifs is 1. The van der Waals surface area contributed by atoms with Gasteiger partial charge >= 0.3 is 0 Å². The van der Waals surface area contributed by atoms with Crippen molar-refractivity contribution in [1.29, 1.82) is 0 Å². The van der Waals surface area contributed by atoms with E-state index in [1.807, 2.05) is 32.0 Å². The fourth-order valence-electron chi connectivity index (χ4n) is 4.06.